The zero-order chi connectivity index (χ0) is 11.0. The summed E-state index contributed by atoms with van der Waals surface area (Å²) in [5, 5.41) is 0. The molecule has 0 saturated carbocycles. The monoisotopic (exact) mass is 207 g/mol. The highest BCUT2D eigenvalue weighted by Gasteiger charge is 2.12. The predicted molar refractivity (Wildman–Crippen MR) is 58.1 cm³/mol. The van der Waals surface area contributed by atoms with Crippen molar-refractivity contribution in [2.75, 3.05) is 6.54 Å². The number of nitrogens with two attached hydrogens (primary N) is 1. The Labute approximate surface area is 87.7 Å². The molecule has 2 heterocycles. The fraction of sp³-hybridized carbons (Fsp3) is 0.364. The van der Waals surface area contributed by atoms with Crippen LogP contribution in [0.4, 0.5) is 4.39 Å². The van der Waals surface area contributed by atoms with Crippen LogP contribution in [0, 0.1) is 5.82 Å². The van der Waals surface area contributed by atoms with Crippen molar-refractivity contribution in [1.82, 2.24) is 9.55 Å². The maximum Gasteiger partial charge on any atom is 0.143 e. The van der Waals surface area contributed by atoms with Crippen LogP contribution in [0.2, 0.25) is 0 Å². The Morgan fingerprint density at radius 1 is 1.53 bits per heavy atom. The van der Waals surface area contributed by atoms with Crippen molar-refractivity contribution in [1.29, 1.82) is 0 Å². The third-order valence-corrected chi connectivity index (χ3v) is 2.76. The van der Waals surface area contributed by atoms with E-state index in [1.165, 1.54) is 12.3 Å². The lowest BCUT2D eigenvalue weighted by atomic mass is 10.1. The van der Waals surface area contributed by atoms with Crippen molar-refractivity contribution in [3.63, 3.8) is 0 Å². The largest absolute Gasteiger partial charge is 0.346 e. The minimum absolute atomic E-state index is 0.257. The first-order valence-electron chi connectivity index (χ1n) is 4.94. The Balaban J connectivity index is 2.64. The normalized spacial score (nSPS) is 13.3. The number of hydrogen-bond donors (Lipinski definition) is 1. The van der Waals surface area contributed by atoms with Crippen LogP contribution >= 0.6 is 0 Å². The Morgan fingerprint density at radius 3 is 2.93 bits per heavy atom. The van der Waals surface area contributed by atoms with E-state index < -0.39 is 0 Å². The first-order valence-corrected chi connectivity index (χ1v) is 4.94. The second-order valence-electron chi connectivity index (χ2n) is 3.82. The second kappa shape index (κ2) is 3.62. The number of pyridine rings is 1. The standard InChI is InChI=1S/C11H14FN3/c1-7(5-13)10-4-9-11(15(10)2)3-8(12)6-14-9/h3-4,6-7H,5,13H2,1-2H3. The maximum atomic E-state index is 13.0. The molecule has 0 bridgehead atoms. The highest BCUT2D eigenvalue weighted by atomic mass is 19.1. The summed E-state index contributed by atoms with van der Waals surface area (Å²) in [6.07, 6.45) is 1.24. The lowest BCUT2D eigenvalue weighted by molar-refractivity contribution is 0.622. The van der Waals surface area contributed by atoms with Gasteiger partial charge in [-0.3, -0.25) is 4.98 Å². The van der Waals surface area contributed by atoms with Crippen LogP contribution in [-0.2, 0) is 7.05 Å². The molecule has 0 fully saturated rings. The smallest absolute Gasteiger partial charge is 0.143 e. The SMILES string of the molecule is CC(CN)c1cc2ncc(F)cc2n1C. The van der Waals surface area contributed by atoms with E-state index in [0.717, 1.165) is 16.7 Å². The molecule has 15 heavy (non-hydrogen) atoms. The van der Waals surface area contributed by atoms with Crippen LogP contribution in [0.5, 0.6) is 0 Å². The molecule has 1 atom stereocenters. The molecular weight excluding hydrogens is 193 g/mol. The van der Waals surface area contributed by atoms with Crippen molar-refractivity contribution >= 4 is 11.0 Å². The van der Waals surface area contributed by atoms with Gasteiger partial charge in [-0.25, -0.2) is 4.39 Å². The summed E-state index contributed by atoms with van der Waals surface area (Å²) in [6.45, 7) is 2.62. The molecule has 0 aliphatic carbocycles. The van der Waals surface area contributed by atoms with Gasteiger partial charge in [-0.1, -0.05) is 6.92 Å². The van der Waals surface area contributed by atoms with Crippen molar-refractivity contribution in [3.8, 4) is 0 Å². The topological polar surface area (TPSA) is 43.8 Å². The summed E-state index contributed by atoms with van der Waals surface area (Å²) in [5.74, 6) is -0.0529. The van der Waals surface area contributed by atoms with Gasteiger partial charge in [-0.2, -0.15) is 0 Å². The van der Waals surface area contributed by atoms with Gasteiger partial charge in [0.05, 0.1) is 17.2 Å². The zero-order valence-electron chi connectivity index (χ0n) is 8.87. The molecule has 2 aromatic rings. The summed E-state index contributed by atoms with van der Waals surface area (Å²) >= 11 is 0. The lowest BCUT2D eigenvalue weighted by Crippen LogP contribution is -2.11. The third kappa shape index (κ3) is 1.61. The Morgan fingerprint density at radius 2 is 2.27 bits per heavy atom. The summed E-state index contributed by atoms with van der Waals surface area (Å²) in [5.41, 5.74) is 8.33. The molecule has 0 amide bonds. The van der Waals surface area contributed by atoms with Gasteiger partial charge in [0.25, 0.3) is 0 Å². The van der Waals surface area contributed by atoms with Gasteiger partial charge < -0.3 is 10.3 Å². The van der Waals surface area contributed by atoms with Crippen molar-refractivity contribution < 1.29 is 4.39 Å². The Kier molecular flexibility index (Phi) is 2.44. The van der Waals surface area contributed by atoms with E-state index in [1.54, 1.807) is 0 Å². The molecule has 4 heteroatoms. The summed E-state index contributed by atoms with van der Waals surface area (Å²) in [7, 11) is 1.91. The highest BCUT2D eigenvalue weighted by Crippen LogP contribution is 2.22. The van der Waals surface area contributed by atoms with E-state index in [9.17, 15) is 4.39 Å². The Bertz CT molecular complexity index is 490. The molecule has 0 radical (unpaired) electrons. The number of halogens is 1. The van der Waals surface area contributed by atoms with E-state index in [2.05, 4.69) is 4.98 Å². The van der Waals surface area contributed by atoms with E-state index >= 15 is 0 Å². The average Bonchev–Trinajstić information content (AvgIpc) is 2.55. The molecule has 80 valence electrons. The second-order valence-corrected chi connectivity index (χ2v) is 3.82. The van der Waals surface area contributed by atoms with Crippen LogP contribution in [0.3, 0.4) is 0 Å². The first-order chi connectivity index (χ1) is 7.13. The number of aromatic nitrogens is 2. The average molecular weight is 207 g/mol. The number of fused-ring (bicyclic) bond motifs is 1. The van der Waals surface area contributed by atoms with Crippen LogP contribution < -0.4 is 5.73 Å². The molecule has 3 nitrogen and oxygen atoms in total. The minimum atomic E-state index is -0.310. The number of aryl methyl sites for hydroxylation is 1. The van der Waals surface area contributed by atoms with E-state index in [0.29, 0.717) is 6.54 Å². The number of nitrogens with zero attached hydrogens (tertiary/aromatic N) is 2. The van der Waals surface area contributed by atoms with Crippen LogP contribution in [-0.4, -0.2) is 16.1 Å². The van der Waals surface area contributed by atoms with E-state index in [1.807, 2.05) is 24.6 Å². The number of hydrogen-bond acceptors (Lipinski definition) is 2. The summed E-state index contributed by atoms with van der Waals surface area (Å²) in [6, 6.07) is 3.46. The van der Waals surface area contributed by atoms with Gasteiger partial charge in [-0.15, -0.1) is 0 Å². The Hall–Kier alpha value is -1.42. The maximum absolute atomic E-state index is 13.0. The van der Waals surface area contributed by atoms with Gasteiger partial charge in [0.15, 0.2) is 0 Å². The van der Waals surface area contributed by atoms with Crippen molar-refractivity contribution in [2.45, 2.75) is 12.8 Å². The lowest BCUT2D eigenvalue weighted by Gasteiger charge is -2.09. The molecule has 0 spiro atoms. The van der Waals surface area contributed by atoms with Gasteiger partial charge in [0.2, 0.25) is 0 Å². The first kappa shape index (κ1) is 10.1. The minimum Gasteiger partial charge on any atom is -0.346 e. The molecule has 0 saturated heterocycles. The van der Waals surface area contributed by atoms with Gasteiger partial charge in [-0.05, 0) is 6.07 Å². The fourth-order valence-electron chi connectivity index (χ4n) is 1.79. The molecule has 0 aliphatic rings. The van der Waals surface area contributed by atoms with Crippen LogP contribution in [0.15, 0.2) is 18.3 Å². The van der Waals surface area contributed by atoms with E-state index in [-0.39, 0.29) is 11.7 Å². The quantitative estimate of drug-likeness (QED) is 0.815. The highest BCUT2D eigenvalue weighted by molar-refractivity contribution is 5.77. The molecule has 2 aromatic heterocycles. The van der Waals surface area contributed by atoms with Crippen molar-refractivity contribution in [3.05, 3.63) is 29.8 Å². The molecule has 0 aromatic carbocycles. The summed E-state index contributed by atoms with van der Waals surface area (Å²) < 4.78 is 15.0. The van der Waals surface area contributed by atoms with Crippen molar-refractivity contribution in [2.24, 2.45) is 12.8 Å². The van der Waals surface area contributed by atoms with Gasteiger partial charge in [0.1, 0.15) is 5.82 Å². The third-order valence-electron chi connectivity index (χ3n) is 2.76. The van der Waals surface area contributed by atoms with Crippen LogP contribution in [0.1, 0.15) is 18.5 Å². The fourth-order valence-corrected chi connectivity index (χ4v) is 1.79. The molecular formula is C11H14FN3. The molecule has 1 unspecified atom stereocenters. The van der Waals surface area contributed by atoms with Crippen LogP contribution in [0.25, 0.3) is 11.0 Å². The van der Waals surface area contributed by atoms with Gasteiger partial charge >= 0.3 is 0 Å². The molecule has 2 rings (SSSR count). The summed E-state index contributed by atoms with van der Waals surface area (Å²) in [4.78, 5) is 4.04. The van der Waals surface area contributed by atoms with E-state index in [4.69, 9.17) is 5.73 Å². The molecule has 0 aliphatic heterocycles. The van der Waals surface area contributed by atoms with Gasteiger partial charge in [0, 0.05) is 31.3 Å². The predicted octanol–water partition coefficient (Wildman–Crippen LogP) is 1.77. The molecule has 2 N–H and O–H groups in total. The number of rotatable bonds is 2. The zero-order valence-corrected chi connectivity index (χ0v) is 8.87.